The number of benzene rings is 2. The number of rotatable bonds is 1. The summed E-state index contributed by atoms with van der Waals surface area (Å²) < 4.78 is 53.3. The molecule has 2 aromatic carbocycles. The second kappa shape index (κ2) is 3.66. The fourth-order valence-electron chi connectivity index (χ4n) is 1.47. The van der Waals surface area contributed by atoms with Gasteiger partial charge in [-0.25, -0.2) is 4.39 Å². The maximum absolute atomic E-state index is 13.4. The number of alkyl halides is 3. The SMILES string of the molecule is Fc1cccc2cccc(OC(F)(F)F)c12. The highest BCUT2D eigenvalue weighted by atomic mass is 19.4. The van der Waals surface area contributed by atoms with Crippen molar-refractivity contribution < 1.29 is 22.3 Å². The van der Waals surface area contributed by atoms with Gasteiger partial charge in [-0.1, -0.05) is 24.3 Å². The van der Waals surface area contributed by atoms with Crippen molar-refractivity contribution in [2.24, 2.45) is 0 Å². The number of halogens is 4. The van der Waals surface area contributed by atoms with Gasteiger partial charge in [0.1, 0.15) is 11.6 Å². The maximum atomic E-state index is 13.4. The highest BCUT2D eigenvalue weighted by Gasteiger charge is 2.32. The first-order valence-electron chi connectivity index (χ1n) is 4.40. The Morgan fingerprint density at radius 1 is 0.938 bits per heavy atom. The van der Waals surface area contributed by atoms with Crippen molar-refractivity contribution in [3.8, 4) is 5.75 Å². The Balaban J connectivity index is 2.61. The summed E-state index contributed by atoms with van der Waals surface area (Å²) in [4.78, 5) is 0. The molecule has 0 amide bonds. The molecule has 0 radical (unpaired) electrons. The van der Waals surface area contributed by atoms with E-state index in [0.717, 1.165) is 12.1 Å². The average molecular weight is 230 g/mol. The Bertz CT molecular complexity index is 514. The van der Waals surface area contributed by atoms with E-state index >= 15 is 0 Å². The Morgan fingerprint density at radius 3 is 2.19 bits per heavy atom. The summed E-state index contributed by atoms with van der Waals surface area (Å²) in [5, 5.41) is 0.198. The minimum atomic E-state index is -4.82. The van der Waals surface area contributed by atoms with Gasteiger partial charge in [-0.15, -0.1) is 13.2 Å². The van der Waals surface area contributed by atoms with Gasteiger partial charge in [0.25, 0.3) is 0 Å². The number of fused-ring (bicyclic) bond motifs is 1. The molecule has 0 aliphatic rings. The van der Waals surface area contributed by atoms with E-state index in [1.807, 2.05) is 0 Å². The second-order valence-corrected chi connectivity index (χ2v) is 3.14. The standard InChI is InChI=1S/C11H6F4O/c12-8-5-1-3-7-4-2-6-9(10(7)8)16-11(13,14)15/h1-6H. The third-order valence-corrected chi connectivity index (χ3v) is 2.04. The molecule has 2 aromatic rings. The molecule has 0 unspecified atom stereocenters. The van der Waals surface area contributed by atoms with E-state index < -0.39 is 17.9 Å². The molecule has 0 heterocycles. The smallest absolute Gasteiger partial charge is 0.405 e. The molecule has 16 heavy (non-hydrogen) atoms. The van der Waals surface area contributed by atoms with Crippen molar-refractivity contribution in [2.75, 3.05) is 0 Å². The summed E-state index contributed by atoms with van der Waals surface area (Å²) >= 11 is 0. The molecule has 0 bridgehead atoms. The normalized spacial score (nSPS) is 11.8. The van der Waals surface area contributed by atoms with Crippen LogP contribution in [0.3, 0.4) is 0 Å². The molecule has 0 aliphatic carbocycles. The number of hydrogen-bond donors (Lipinski definition) is 0. The number of hydrogen-bond acceptors (Lipinski definition) is 1. The molecule has 0 aromatic heterocycles. The Morgan fingerprint density at radius 2 is 1.56 bits per heavy atom. The highest BCUT2D eigenvalue weighted by molar-refractivity contribution is 5.88. The summed E-state index contributed by atoms with van der Waals surface area (Å²) in [5.41, 5.74) is 0. The van der Waals surface area contributed by atoms with Crippen molar-refractivity contribution in [3.63, 3.8) is 0 Å². The van der Waals surface area contributed by atoms with Gasteiger partial charge >= 0.3 is 6.36 Å². The van der Waals surface area contributed by atoms with Gasteiger partial charge in [-0.2, -0.15) is 0 Å². The van der Waals surface area contributed by atoms with Gasteiger partial charge in [-0.05, 0) is 17.5 Å². The lowest BCUT2D eigenvalue weighted by Crippen LogP contribution is -2.17. The molecule has 0 N–H and O–H groups in total. The van der Waals surface area contributed by atoms with Crippen molar-refractivity contribution in [2.45, 2.75) is 6.36 Å². The van der Waals surface area contributed by atoms with E-state index in [9.17, 15) is 17.6 Å². The van der Waals surface area contributed by atoms with Crippen LogP contribution in [0.5, 0.6) is 5.75 Å². The van der Waals surface area contributed by atoms with E-state index in [4.69, 9.17) is 0 Å². The zero-order chi connectivity index (χ0) is 11.8. The van der Waals surface area contributed by atoms with E-state index in [1.165, 1.54) is 24.3 Å². The lowest BCUT2D eigenvalue weighted by molar-refractivity contribution is -0.274. The monoisotopic (exact) mass is 230 g/mol. The molecule has 0 atom stereocenters. The number of ether oxygens (including phenoxy) is 1. The first-order chi connectivity index (χ1) is 7.47. The van der Waals surface area contributed by atoms with Gasteiger partial charge < -0.3 is 4.74 Å². The summed E-state index contributed by atoms with van der Waals surface area (Å²) in [6, 6.07) is 8.01. The van der Waals surface area contributed by atoms with Crippen molar-refractivity contribution in [1.82, 2.24) is 0 Å². The maximum Gasteiger partial charge on any atom is 0.573 e. The predicted octanol–water partition coefficient (Wildman–Crippen LogP) is 3.88. The largest absolute Gasteiger partial charge is 0.573 e. The quantitative estimate of drug-likeness (QED) is 0.675. The van der Waals surface area contributed by atoms with Crippen LogP contribution in [0.2, 0.25) is 0 Å². The average Bonchev–Trinajstić information content (AvgIpc) is 2.15. The summed E-state index contributed by atoms with van der Waals surface area (Å²) in [5.74, 6) is -1.26. The zero-order valence-electron chi connectivity index (χ0n) is 7.88. The lowest BCUT2D eigenvalue weighted by atomic mass is 10.1. The third-order valence-electron chi connectivity index (χ3n) is 2.04. The Labute approximate surface area is 88.3 Å². The fraction of sp³-hybridized carbons (Fsp3) is 0.0909. The lowest BCUT2D eigenvalue weighted by Gasteiger charge is -2.11. The Kier molecular flexibility index (Phi) is 2.46. The van der Waals surface area contributed by atoms with Gasteiger partial charge in [0.15, 0.2) is 0 Å². The molecule has 0 saturated heterocycles. The van der Waals surface area contributed by atoms with Crippen LogP contribution in [0.1, 0.15) is 0 Å². The van der Waals surface area contributed by atoms with Crippen LogP contribution < -0.4 is 4.74 Å². The predicted molar refractivity (Wildman–Crippen MR) is 50.6 cm³/mol. The third kappa shape index (κ3) is 2.08. The van der Waals surface area contributed by atoms with Crippen LogP contribution >= 0.6 is 0 Å². The molecule has 5 heteroatoms. The molecule has 2 rings (SSSR count). The first kappa shape index (κ1) is 10.7. The minimum Gasteiger partial charge on any atom is -0.405 e. The highest BCUT2D eigenvalue weighted by Crippen LogP contribution is 2.32. The zero-order valence-corrected chi connectivity index (χ0v) is 7.88. The van der Waals surface area contributed by atoms with Gasteiger partial charge in [0.2, 0.25) is 0 Å². The van der Waals surface area contributed by atoms with Crippen molar-refractivity contribution >= 4 is 10.8 Å². The van der Waals surface area contributed by atoms with E-state index in [1.54, 1.807) is 0 Å². The molecular weight excluding hydrogens is 224 g/mol. The van der Waals surface area contributed by atoms with Crippen LogP contribution in [0.15, 0.2) is 36.4 Å². The summed E-state index contributed by atoms with van der Waals surface area (Å²) in [6.07, 6.45) is -4.82. The second-order valence-electron chi connectivity index (χ2n) is 3.14. The van der Waals surface area contributed by atoms with Crippen molar-refractivity contribution in [3.05, 3.63) is 42.2 Å². The van der Waals surface area contributed by atoms with Crippen molar-refractivity contribution in [1.29, 1.82) is 0 Å². The van der Waals surface area contributed by atoms with Gasteiger partial charge in [0, 0.05) is 0 Å². The van der Waals surface area contributed by atoms with Crippen LogP contribution in [0.25, 0.3) is 10.8 Å². The molecule has 0 saturated carbocycles. The molecule has 1 nitrogen and oxygen atoms in total. The first-order valence-corrected chi connectivity index (χ1v) is 4.40. The van der Waals surface area contributed by atoms with E-state index in [2.05, 4.69) is 4.74 Å². The van der Waals surface area contributed by atoms with Crippen LogP contribution in [-0.2, 0) is 0 Å². The topological polar surface area (TPSA) is 9.23 Å². The summed E-state index contributed by atoms with van der Waals surface area (Å²) in [6.45, 7) is 0. The molecule has 84 valence electrons. The Hall–Kier alpha value is -1.78. The van der Waals surface area contributed by atoms with Crippen LogP contribution in [0, 0.1) is 5.82 Å². The minimum absolute atomic E-state index is 0.165. The molecule has 0 spiro atoms. The van der Waals surface area contributed by atoms with E-state index in [-0.39, 0.29) is 5.39 Å². The fourth-order valence-corrected chi connectivity index (χ4v) is 1.47. The summed E-state index contributed by atoms with van der Waals surface area (Å²) in [7, 11) is 0. The molecular formula is C11H6F4O. The van der Waals surface area contributed by atoms with Gasteiger partial charge in [0.05, 0.1) is 5.39 Å². The van der Waals surface area contributed by atoms with Gasteiger partial charge in [-0.3, -0.25) is 0 Å². The van der Waals surface area contributed by atoms with E-state index in [0.29, 0.717) is 5.39 Å². The molecule has 0 fully saturated rings. The van der Waals surface area contributed by atoms with Crippen LogP contribution in [0.4, 0.5) is 17.6 Å². The van der Waals surface area contributed by atoms with Crippen LogP contribution in [-0.4, -0.2) is 6.36 Å². The molecule has 0 aliphatic heterocycles.